The van der Waals surface area contributed by atoms with E-state index in [2.05, 4.69) is 5.32 Å². The maximum Gasteiger partial charge on any atom is 0.333 e. The molecule has 1 aliphatic heterocycles. The number of hydrogen-bond donors (Lipinski definition) is 2. The predicted octanol–water partition coefficient (Wildman–Crippen LogP) is 0.628. The molecule has 4 heteroatoms. The lowest BCUT2D eigenvalue weighted by atomic mass is 9.85. The first-order valence-electron chi connectivity index (χ1n) is 4.70. The highest BCUT2D eigenvalue weighted by Gasteiger charge is 2.36. The molecule has 4 nitrogen and oxygen atoms in total. The Kier molecular flexibility index (Phi) is 2.19. The fourth-order valence-corrected chi connectivity index (χ4v) is 1.98. The molecular formula is C11H11NO3. The minimum absolute atomic E-state index is 0.0260. The molecule has 0 fully saturated rings. The van der Waals surface area contributed by atoms with Crippen LogP contribution in [0.2, 0.25) is 0 Å². The van der Waals surface area contributed by atoms with Crippen LogP contribution < -0.4 is 5.32 Å². The molecule has 1 heterocycles. The van der Waals surface area contributed by atoms with Gasteiger partial charge in [0.2, 0.25) is 0 Å². The van der Waals surface area contributed by atoms with Crippen molar-refractivity contribution in [2.75, 3.05) is 0 Å². The summed E-state index contributed by atoms with van der Waals surface area (Å²) in [4.78, 5) is 22.2. The van der Waals surface area contributed by atoms with Crippen molar-refractivity contribution in [1.82, 2.24) is 5.32 Å². The highest BCUT2D eigenvalue weighted by molar-refractivity contribution is 5.97. The zero-order valence-corrected chi connectivity index (χ0v) is 8.23. The van der Waals surface area contributed by atoms with E-state index in [9.17, 15) is 9.59 Å². The Labute approximate surface area is 87.0 Å². The molecule has 0 saturated carbocycles. The average molecular weight is 205 g/mol. The van der Waals surface area contributed by atoms with Gasteiger partial charge in [0.1, 0.15) is 0 Å². The first kappa shape index (κ1) is 9.71. The first-order valence-corrected chi connectivity index (χ1v) is 4.70. The second-order valence-corrected chi connectivity index (χ2v) is 3.64. The number of nitrogens with one attached hydrogen (secondary N) is 1. The molecule has 0 radical (unpaired) electrons. The van der Waals surface area contributed by atoms with E-state index in [-0.39, 0.29) is 17.7 Å². The summed E-state index contributed by atoms with van der Waals surface area (Å²) in [6.07, 6.45) is 6.75. The van der Waals surface area contributed by atoms with Gasteiger partial charge in [0.05, 0.1) is 11.6 Å². The summed E-state index contributed by atoms with van der Waals surface area (Å²) < 4.78 is 0. The van der Waals surface area contributed by atoms with E-state index in [1.165, 1.54) is 13.1 Å². The third-order valence-electron chi connectivity index (χ3n) is 2.72. The van der Waals surface area contributed by atoms with Gasteiger partial charge in [-0.05, 0) is 6.92 Å². The van der Waals surface area contributed by atoms with Crippen LogP contribution in [0.3, 0.4) is 0 Å². The molecule has 1 aliphatic carbocycles. The minimum Gasteiger partial charge on any atom is -0.478 e. The Morgan fingerprint density at radius 3 is 2.73 bits per heavy atom. The van der Waals surface area contributed by atoms with Gasteiger partial charge in [-0.25, -0.2) is 4.79 Å². The zero-order valence-electron chi connectivity index (χ0n) is 8.23. The molecule has 0 bridgehead atoms. The van der Waals surface area contributed by atoms with E-state index in [1.807, 2.05) is 0 Å². The van der Waals surface area contributed by atoms with Gasteiger partial charge in [0.25, 0.3) is 0 Å². The van der Waals surface area contributed by atoms with Crippen molar-refractivity contribution in [2.45, 2.75) is 13.0 Å². The van der Waals surface area contributed by atoms with E-state index in [0.29, 0.717) is 11.1 Å². The molecule has 2 rings (SSSR count). The maximum atomic E-state index is 11.3. The fraction of sp³-hybridized carbons (Fsp3) is 0.273. The summed E-state index contributed by atoms with van der Waals surface area (Å²) >= 11 is 0. The van der Waals surface area contributed by atoms with Crippen LogP contribution in [0.4, 0.5) is 0 Å². The lowest BCUT2D eigenvalue weighted by Gasteiger charge is -2.22. The monoisotopic (exact) mass is 205 g/mol. The van der Waals surface area contributed by atoms with Gasteiger partial charge < -0.3 is 10.4 Å². The second-order valence-electron chi connectivity index (χ2n) is 3.64. The van der Waals surface area contributed by atoms with Crippen molar-refractivity contribution in [3.63, 3.8) is 0 Å². The highest BCUT2D eigenvalue weighted by atomic mass is 16.4. The molecule has 0 aromatic heterocycles. The van der Waals surface area contributed by atoms with Gasteiger partial charge in [-0.15, -0.1) is 0 Å². The Hall–Kier alpha value is -1.84. The van der Waals surface area contributed by atoms with Crippen LogP contribution in [-0.4, -0.2) is 22.9 Å². The Balaban J connectivity index is 2.30. The number of carbonyl (C=O) groups excluding carboxylic acids is 1. The number of carbonyl (C=O) groups is 2. The minimum atomic E-state index is -0.940. The quantitative estimate of drug-likeness (QED) is 0.693. The van der Waals surface area contributed by atoms with Crippen LogP contribution in [0.15, 0.2) is 35.6 Å². The van der Waals surface area contributed by atoms with Gasteiger partial charge >= 0.3 is 5.97 Å². The van der Waals surface area contributed by atoms with Crippen molar-refractivity contribution >= 4 is 11.8 Å². The molecule has 15 heavy (non-hydrogen) atoms. The number of allylic oxidation sites excluding steroid dienone is 2. The fourth-order valence-electron chi connectivity index (χ4n) is 1.98. The number of Topliss-reactive ketones (excluding diaryl/α,β-unsaturated/α-hetero) is 1. The molecule has 2 unspecified atom stereocenters. The van der Waals surface area contributed by atoms with E-state index in [1.54, 1.807) is 18.2 Å². The van der Waals surface area contributed by atoms with E-state index in [4.69, 9.17) is 5.11 Å². The number of fused-ring (bicyclic) bond motifs is 1. The first-order chi connectivity index (χ1) is 7.11. The second kappa shape index (κ2) is 3.38. The van der Waals surface area contributed by atoms with Crippen LogP contribution in [0.25, 0.3) is 0 Å². The number of rotatable bonds is 2. The molecule has 2 aliphatic rings. The lowest BCUT2D eigenvalue weighted by molar-refractivity contribution is -0.133. The average Bonchev–Trinajstić information content (AvgIpc) is 2.59. The molecule has 2 atom stereocenters. The van der Waals surface area contributed by atoms with Gasteiger partial charge in [-0.3, -0.25) is 4.79 Å². The molecule has 0 spiro atoms. The molecule has 0 aromatic carbocycles. The molecule has 0 saturated heterocycles. The van der Waals surface area contributed by atoms with Crippen molar-refractivity contribution < 1.29 is 14.7 Å². The standard InChI is InChI=1S/C11H11NO3/c1-6(13)7-3-2-4-8-9(11(14)15)5-12-10(7)8/h2-5,8,10,12H,1H3,(H,14,15). The van der Waals surface area contributed by atoms with Gasteiger partial charge in [-0.1, -0.05) is 18.2 Å². The summed E-state index contributed by atoms with van der Waals surface area (Å²) in [5.41, 5.74) is 0.943. The smallest absolute Gasteiger partial charge is 0.333 e. The lowest BCUT2D eigenvalue weighted by Crippen LogP contribution is -2.33. The third-order valence-corrected chi connectivity index (χ3v) is 2.72. The van der Waals surface area contributed by atoms with Crippen molar-refractivity contribution in [1.29, 1.82) is 0 Å². The van der Waals surface area contributed by atoms with E-state index < -0.39 is 5.97 Å². The highest BCUT2D eigenvalue weighted by Crippen LogP contribution is 2.30. The van der Waals surface area contributed by atoms with Gasteiger partial charge in [0.15, 0.2) is 5.78 Å². The Morgan fingerprint density at radius 2 is 2.13 bits per heavy atom. The molecule has 2 N–H and O–H groups in total. The Bertz CT molecular complexity index is 418. The summed E-state index contributed by atoms with van der Waals surface area (Å²) in [6.45, 7) is 1.49. The Morgan fingerprint density at radius 1 is 1.40 bits per heavy atom. The number of carboxylic acids is 1. The molecule has 78 valence electrons. The zero-order chi connectivity index (χ0) is 11.0. The van der Waals surface area contributed by atoms with E-state index in [0.717, 1.165) is 0 Å². The molecular weight excluding hydrogens is 194 g/mol. The van der Waals surface area contributed by atoms with Crippen LogP contribution in [0, 0.1) is 5.92 Å². The summed E-state index contributed by atoms with van der Waals surface area (Å²) in [7, 11) is 0. The molecule has 0 amide bonds. The maximum absolute atomic E-state index is 11.3. The summed E-state index contributed by atoms with van der Waals surface area (Å²) in [5.74, 6) is -1.20. The summed E-state index contributed by atoms with van der Waals surface area (Å²) in [5, 5.41) is 11.9. The van der Waals surface area contributed by atoms with Crippen molar-refractivity contribution in [2.24, 2.45) is 5.92 Å². The molecule has 0 aromatic rings. The number of hydrogen-bond acceptors (Lipinski definition) is 3. The van der Waals surface area contributed by atoms with Crippen molar-refractivity contribution in [3.05, 3.63) is 35.6 Å². The van der Waals surface area contributed by atoms with Crippen LogP contribution in [0.1, 0.15) is 6.92 Å². The van der Waals surface area contributed by atoms with Gasteiger partial charge in [-0.2, -0.15) is 0 Å². The normalized spacial score (nSPS) is 27.5. The number of ketones is 1. The third kappa shape index (κ3) is 1.48. The van der Waals surface area contributed by atoms with Crippen molar-refractivity contribution in [3.8, 4) is 0 Å². The van der Waals surface area contributed by atoms with Crippen LogP contribution in [-0.2, 0) is 9.59 Å². The topological polar surface area (TPSA) is 66.4 Å². The number of carboxylic acid groups (broad SMARTS) is 1. The largest absolute Gasteiger partial charge is 0.478 e. The predicted molar refractivity (Wildman–Crippen MR) is 54.0 cm³/mol. The number of aliphatic carboxylic acids is 1. The van der Waals surface area contributed by atoms with Crippen LogP contribution >= 0.6 is 0 Å². The SMILES string of the molecule is CC(=O)C1=CC=CC2C(C(=O)O)=CNC12. The van der Waals surface area contributed by atoms with Crippen LogP contribution in [0.5, 0.6) is 0 Å². The summed E-state index contributed by atoms with van der Waals surface area (Å²) in [6, 6.07) is -0.210. The van der Waals surface area contributed by atoms with Gasteiger partial charge in [0, 0.05) is 17.7 Å². The van der Waals surface area contributed by atoms with E-state index >= 15 is 0 Å².